The van der Waals surface area contributed by atoms with Crippen LogP contribution >= 0.6 is 0 Å². The highest BCUT2D eigenvalue weighted by molar-refractivity contribution is 6.11. The van der Waals surface area contributed by atoms with Gasteiger partial charge < -0.3 is 28.4 Å². The number of carbonyl (C=O) groups is 2. The number of hydrogen-bond acceptors (Lipinski definition) is 8. The van der Waals surface area contributed by atoms with E-state index in [1.165, 1.54) is 0 Å². The van der Waals surface area contributed by atoms with Crippen LogP contribution in [-0.2, 0) is 25.5 Å². The predicted molar refractivity (Wildman–Crippen MR) is 232 cm³/mol. The molecule has 0 fully saturated rings. The molecule has 310 valence electrons. The number of fused-ring (bicyclic) bond motifs is 2. The van der Waals surface area contributed by atoms with E-state index in [1.54, 1.807) is 0 Å². The van der Waals surface area contributed by atoms with E-state index in [9.17, 15) is 9.59 Å². The molecule has 0 aliphatic carbocycles. The van der Waals surface area contributed by atoms with Gasteiger partial charge in [-0.25, -0.2) is 0 Å². The van der Waals surface area contributed by atoms with E-state index in [0.29, 0.717) is 35.8 Å². The number of hydrogen-bond donors (Lipinski definition) is 0. The summed E-state index contributed by atoms with van der Waals surface area (Å²) in [4.78, 5) is 26.2. The molecule has 58 heavy (non-hydrogen) atoms. The minimum Gasteiger partial charge on any atom is -0.490 e. The van der Waals surface area contributed by atoms with E-state index in [0.717, 1.165) is 97.7 Å². The van der Waals surface area contributed by atoms with Crippen molar-refractivity contribution in [2.24, 2.45) is 0 Å². The summed E-state index contributed by atoms with van der Waals surface area (Å²) in [6.45, 7) is 6.95. The van der Waals surface area contributed by atoms with Crippen molar-refractivity contribution in [1.82, 2.24) is 0 Å². The topological polar surface area (TPSA) is 89.5 Å². The fraction of sp³-hybridized carbons (Fsp3) is 0.440. The van der Waals surface area contributed by atoms with Gasteiger partial charge in [-0.3, -0.25) is 9.59 Å². The molecule has 2 unspecified atom stereocenters. The number of aryl methyl sites for hydroxylation is 1. The maximum Gasteiger partial charge on any atom is 0.306 e. The Morgan fingerprint density at radius 3 is 1.33 bits per heavy atom. The van der Waals surface area contributed by atoms with Gasteiger partial charge in [-0.05, 0) is 55.2 Å². The molecule has 8 nitrogen and oxygen atoms in total. The monoisotopic (exact) mass is 790 g/mol. The van der Waals surface area contributed by atoms with Gasteiger partial charge in [-0.2, -0.15) is 0 Å². The third kappa shape index (κ3) is 14.0. The molecule has 5 aromatic carbocycles. The second kappa shape index (κ2) is 24.5. The fourth-order valence-electron chi connectivity index (χ4n) is 6.91. The summed E-state index contributed by atoms with van der Waals surface area (Å²) in [6.07, 6.45) is 10.7. The van der Waals surface area contributed by atoms with Crippen molar-refractivity contribution in [3.63, 3.8) is 0 Å². The van der Waals surface area contributed by atoms with Crippen LogP contribution in [0.5, 0.6) is 23.0 Å². The second-order valence-electron chi connectivity index (χ2n) is 14.9. The Morgan fingerprint density at radius 2 is 0.862 bits per heavy atom. The van der Waals surface area contributed by atoms with Crippen molar-refractivity contribution >= 4 is 33.5 Å². The highest BCUT2D eigenvalue weighted by atomic mass is 16.6. The minimum absolute atomic E-state index is 0.0938. The van der Waals surface area contributed by atoms with Gasteiger partial charge in [-0.15, -0.1) is 0 Å². The molecule has 0 aliphatic heterocycles. The molecular weight excluding hydrogens is 729 g/mol. The Bertz CT molecular complexity index is 1960. The molecule has 5 rings (SSSR count). The molecule has 0 bridgehead atoms. The maximum atomic E-state index is 13.1. The quantitative estimate of drug-likeness (QED) is 0.0295. The summed E-state index contributed by atoms with van der Waals surface area (Å²) in [5.74, 6) is 2.22. The average Bonchev–Trinajstić information content (AvgIpc) is 3.25. The lowest BCUT2D eigenvalue weighted by atomic mass is 9.98. The Kier molecular flexibility index (Phi) is 18.5. The Morgan fingerprint density at radius 1 is 0.448 bits per heavy atom. The van der Waals surface area contributed by atoms with Crippen LogP contribution in [0.4, 0.5) is 0 Å². The highest BCUT2D eigenvalue weighted by Gasteiger charge is 2.23. The highest BCUT2D eigenvalue weighted by Crippen LogP contribution is 2.43. The number of ether oxygens (including phenoxy) is 6. The first-order valence-electron chi connectivity index (χ1n) is 21.5. The summed E-state index contributed by atoms with van der Waals surface area (Å²) in [7, 11) is 0. The molecule has 0 saturated heterocycles. The van der Waals surface area contributed by atoms with Crippen LogP contribution in [0.1, 0.15) is 103 Å². The molecule has 0 spiro atoms. The van der Waals surface area contributed by atoms with Gasteiger partial charge in [0.2, 0.25) is 0 Å². The Balaban J connectivity index is 1.39. The van der Waals surface area contributed by atoms with E-state index >= 15 is 0 Å². The largest absolute Gasteiger partial charge is 0.490 e. The van der Waals surface area contributed by atoms with Crippen LogP contribution in [0.25, 0.3) is 21.5 Å². The van der Waals surface area contributed by atoms with Crippen LogP contribution in [-0.4, -0.2) is 50.6 Å². The van der Waals surface area contributed by atoms with Gasteiger partial charge in [0.1, 0.15) is 49.4 Å². The van der Waals surface area contributed by atoms with E-state index < -0.39 is 12.2 Å². The molecule has 0 aromatic heterocycles. The lowest BCUT2D eigenvalue weighted by Gasteiger charge is -2.23. The molecule has 5 aromatic rings. The van der Waals surface area contributed by atoms with Crippen molar-refractivity contribution in [2.75, 3.05) is 26.4 Å². The molecular formula is C50H62O8. The van der Waals surface area contributed by atoms with Crippen molar-refractivity contribution in [3.05, 3.63) is 109 Å². The van der Waals surface area contributed by atoms with Crippen LogP contribution < -0.4 is 18.9 Å². The first kappa shape index (κ1) is 43.9. The van der Waals surface area contributed by atoms with Gasteiger partial charge in [0.15, 0.2) is 12.2 Å². The zero-order valence-electron chi connectivity index (χ0n) is 34.8. The first-order chi connectivity index (χ1) is 28.5. The standard InChI is InChI=1S/C50H62O8/c1-4-7-9-11-19-29-47(51)57-41(34-53-39-23-15-13-16-24-39)36-55-49-43-27-21-22-28-44(43)50(46-33-38(6-3)31-32-45(46)49)56-37-42(35-54-40-25-17-14-18-26-40)58-48(52)30-20-12-10-8-5-2/h13-18,21-28,31-33,41-42H,4-12,19-20,29-30,34-37H2,1-3H3. The maximum absolute atomic E-state index is 13.1. The van der Waals surface area contributed by atoms with Crippen LogP contribution in [0.3, 0.4) is 0 Å². The summed E-state index contributed by atoms with van der Waals surface area (Å²) in [5.41, 5.74) is 1.14. The number of benzene rings is 5. The zero-order valence-corrected chi connectivity index (χ0v) is 34.8. The van der Waals surface area contributed by atoms with E-state index in [2.05, 4.69) is 39.0 Å². The minimum atomic E-state index is -0.644. The number of rotatable bonds is 27. The number of esters is 2. The van der Waals surface area contributed by atoms with Gasteiger partial charge in [0.05, 0.1) is 0 Å². The van der Waals surface area contributed by atoms with E-state index in [1.807, 2.05) is 84.9 Å². The average molecular weight is 791 g/mol. The molecule has 0 heterocycles. The van der Waals surface area contributed by atoms with Crippen LogP contribution in [0.2, 0.25) is 0 Å². The zero-order chi connectivity index (χ0) is 40.8. The van der Waals surface area contributed by atoms with E-state index in [-0.39, 0.29) is 38.4 Å². The first-order valence-corrected chi connectivity index (χ1v) is 21.5. The summed E-state index contributed by atoms with van der Waals surface area (Å²) in [5, 5.41) is 3.43. The third-order valence-electron chi connectivity index (χ3n) is 10.1. The Labute approximate surface area is 345 Å². The molecule has 0 saturated carbocycles. The molecule has 0 radical (unpaired) electrons. The van der Waals surface area contributed by atoms with Crippen LogP contribution in [0.15, 0.2) is 103 Å². The van der Waals surface area contributed by atoms with Crippen molar-refractivity contribution in [2.45, 2.75) is 116 Å². The number of unbranched alkanes of at least 4 members (excludes halogenated alkanes) is 8. The molecule has 0 aliphatic rings. The van der Waals surface area contributed by atoms with E-state index in [4.69, 9.17) is 28.4 Å². The summed E-state index contributed by atoms with van der Waals surface area (Å²) >= 11 is 0. The number of para-hydroxylation sites is 2. The lowest BCUT2D eigenvalue weighted by molar-refractivity contribution is -0.153. The summed E-state index contributed by atoms with van der Waals surface area (Å²) in [6, 6.07) is 33.3. The normalized spacial score (nSPS) is 12.2. The smallest absolute Gasteiger partial charge is 0.306 e. The lowest BCUT2D eigenvalue weighted by Crippen LogP contribution is -2.31. The molecule has 0 N–H and O–H groups in total. The van der Waals surface area contributed by atoms with Gasteiger partial charge >= 0.3 is 11.9 Å². The molecule has 8 heteroatoms. The predicted octanol–water partition coefficient (Wildman–Crippen LogP) is 12.0. The van der Waals surface area contributed by atoms with Gasteiger partial charge in [0, 0.05) is 34.4 Å². The van der Waals surface area contributed by atoms with Gasteiger partial charge in [-0.1, -0.05) is 145 Å². The third-order valence-corrected chi connectivity index (χ3v) is 10.1. The van der Waals surface area contributed by atoms with Crippen molar-refractivity contribution in [3.8, 4) is 23.0 Å². The van der Waals surface area contributed by atoms with Gasteiger partial charge in [0.25, 0.3) is 0 Å². The van der Waals surface area contributed by atoms with Crippen LogP contribution in [0, 0.1) is 0 Å². The van der Waals surface area contributed by atoms with Crippen molar-refractivity contribution in [1.29, 1.82) is 0 Å². The second-order valence-corrected chi connectivity index (χ2v) is 14.9. The number of carbonyl (C=O) groups excluding carboxylic acids is 2. The molecule has 0 amide bonds. The van der Waals surface area contributed by atoms with Crippen molar-refractivity contribution < 1.29 is 38.0 Å². The molecule has 2 atom stereocenters. The SMILES string of the molecule is CCCCCCCC(=O)OC(COc1ccccc1)COc1c2ccccc2c(OCC(COc2ccccc2)OC(=O)CCCCCCC)c2cc(CC)ccc12. The fourth-order valence-corrected chi connectivity index (χ4v) is 6.91. The Hall–Kier alpha value is -5.24. The summed E-state index contributed by atoms with van der Waals surface area (Å²) < 4.78 is 37.6.